The Labute approximate surface area is 128 Å². The van der Waals surface area contributed by atoms with Crippen LogP contribution in [0, 0.1) is 19.8 Å². The molecule has 0 bridgehead atoms. The molecule has 0 unspecified atom stereocenters. The number of benzene rings is 1. The van der Waals surface area contributed by atoms with Crippen LogP contribution in [0.15, 0.2) is 18.2 Å². The lowest BCUT2D eigenvalue weighted by Crippen LogP contribution is -2.41. The molecule has 0 aliphatic carbocycles. The van der Waals surface area contributed by atoms with E-state index in [0.717, 1.165) is 44.9 Å². The molecule has 1 aromatic rings. The first-order chi connectivity index (χ1) is 10.1. The number of carbonyl (C=O) groups excluding carboxylic acids is 1. The molecule has 1 heterocycles. The first-order valence-corrected chi connectivity index (χ1v) is 8.14. The Morgan fingerprint density at radius 3 is 2.67 bits per heavy atom. The minimum atomic E-state index is 0.283. The maximum Gasteiger partial charge on any atom is 0.226 e. The van der Waals surface area contributed by atoms with Gasteiger partial charge in [-0.2, -0.15) is 0 Å². The van der Waals surface area contributed by atoms with Crippen LogP contribution in [-0.2, 0) is 11.2 Å². The SMILES string of the molecule is CCNCC1CCN(C(=O)Cc2cc(C)ccc2C)CC1. The van der Waals surface area contributed by atoms with E-state index in [2.05, 4.69) is 44.3 Å². The summed E-state index contributed by atoms with van der Waals surface area (Å²) in [6.45, 7) is 10.3. The number of nitrogens with one attached hydrogen (secondary N) is 1. The van der Waals surface area contributed by atoms with Crippen LogP contribution in [0.4, 0.5) is 0 Å². The van der Waals surface area contributed by atoms with E-state index in [4.69, 9.17) is 0 Å². The maximum atomic E-state index is 12.5. The zero-order valence-corrected chi connectivity index (χ0v) is 13.6. The summed E-state index contributed by atoms with van der Waals surface area (Å²) in [4.78, 5) is 14.5. The van der Waals surface area contributed by atoms with Gasteiger partial charge in [-0.25, -0.2) is 0 Å². The third-order valence-corrected chi connectivity index (χ3v) is 4.50. The van der Waals surface area contributed by atoms with Crippen LogP contribution in [0.2, 0.25) is 0 Å². The van der Waals surface area contributed by atoms with Gasteiger partial charge in [0, 0.05) is 13.1 Å². The van der Waals surface area contributed by atoms with Gasteiger partial charge in [0.1, 0.15) is 0 Å². The van der Waals surface area contributed by atoms with E-state index in [1.807, 2.05) is 4.90 Å². The fourth-order valence-electron chi connectivity index (χ4n) is 3.00. The molecule has 0 radical (unpaired) electrons. The highest BCUT2D eigenvalue weighted by atomic mass is 16.2. The Balaban J connectivity index is 1.86. The second-order valence-corrected chi connectivity index (χ2v) is 6.24. The topological polar surface area (TPSA) is 32.3 Å². The summed E-state index contributed by atoms with van der Waals surface area (Å²) < 4.78 is 0. The van der Waals surface area contributed by atoms with Crippen molar-refractivity contribution in [1.82, 2.24) is 10.2 Å². The number of rotatable bonds is 5. The molecule has 1 fully saturated rings. The molecule has 1 saturated heterocycles. The van der Waals surface area contributed by atoms with Crippen LogP contribution in [-0.4, -0.2) is 37.0 Å². The normalized spacial score (nSPS) is 16.2. The summed E-state index contributed by atoms with van der Waals surface area (Å²) in [5.41, 5.74) is 3.62. The highest BCUT2D eigenvalue weighted by Crippen LogP contribution is 2.18. The molecule has 1 aliphatic rings. The minimum Gasteiger partial charge on any atom is -0.342 e. The lowest BCUT2D eigenvalue weighted by Gasteiger charge is -2.32. The Hall–Kier alpha value is -1.35. The molecular formula is C18H28N2O. The number of hydrogen-bond donors (Lipinski definition) is 1. The van der Waals surface area contributed by atoms with Crippen LogP contribution in [0.5, 0.6) is 0 Å². The first-order valence-electron chi connectivity index (χ1n) is 8.14. The lowest BCUT2D eigenvalue weighted by atomic mass is 9.96. The van der Waals surface area contributed by atoms with Gasteiger partial charge in [-0.3, -0.25) is 4.79 Å². The highest BCUT2D eigenvalue weighted by Gasteiger charge is 2.22. The Morgan fingerprint density at radius 2 is 2.00 bits per heavy atom. The zero-order chi connectivity index (χ0) is 15.2. The van der Waals surface area contributed by atoms with Crippen molar-refractivity contribution in [3.8, 4) is 0 Å². The third kappa shape index (κ3) is 4.57. The monoisotopic (exact) mass is 288 g/mol. The van der Waals surface area contributed by atoms with Gasteiger partial charge in [0.25, 0.3) is 0 Å². The average molecular weight is 288 g/mol. The van der Waals surface area contributed by atoms with Crippen LogP contribution in [0.1, 0.15) is 36.5 Å². The van der Waals surface area contributed by atoms with Gasteiger partial charge in [0.05, 0.1) is 6.42 Å². The molecule has 0 aromatic heterocycles. The van der Waals surface area contributed by atoms with Crippen LogP contribution in [0.3, 0.4) is 0 Å². The Bertz CT molecular complexity index is 476. The molecular weight excluding hydrogens is 260 g/mol. The van der Waals surface area contributed by atoms with Crippen molar-refractivity contribution in [2.24, 2.45) is 5.92 Å². The van der Waals surface area contributed by atoms with Crippen LogP contribution in [0.25, 0.3) is 0 Å². The van der Waals surface area contributed by atoms with E-state index >= 15 is 0 Å². The fraction of sp³-hybridized carbons (Fsp3) is 0.611. The van der Waals surface area contributed by atoms with Crippen molar-refractivity contribution in [2.45, 2.75) is 40.0 Å². The molecule has 0 spiro atoms. The van der Waals surface area contributed by atoms with E-state index in [-0.39, 0.29) is 5.91 Å². The number of piperidine rings is 1. The summed E-state index contributed by atoms with van der Waals surface area (Å²) in [5.74, 6) is 1.01. The predicted octanol–water partition coefficient (Wildman–Crippen LogP) is 2.69. The van der Waals surface area contributed by atoms with E-state index in [0.29, 0.717) is 6.42 Å². The van der Waals surface area contributed by atoms with Gasteiger partial charge in [-0.05, 0) is 56.8 Å². The molecule has 0 saturated carbocycles. The van der Waals surface area contributed by atoms with Crippen molar-refractivity contribution < 1.29 is 4.79 Å². The molecule has 1 N–H and O–H groups in total. The van der Waals surface area contributed by atoms with Crippen molar-refractivity contribution >= 4 is 5.91 Å². The smallest absolute Gasteiger partial charge is 0.226 e. The standard InChI is InChI=1S/C18H28N2O/c1-4-19-13-16-7-9-20(10-8-16)18(21)12-17-11-14(2)5-6-15(17)3/h5-6,11,16,19H,4,7-10,12-13H2,1-3H3. The Morgan fingerprint density at radius 1 is 1.29 bits per heavy atom. The summed E-state index contributed by atoms with van der Waals surface area (Å²) in [6, 6.07) is 6.36. The van der Waals surface area contributed by atoms with Gasteiger partial charge >= 0.3 is 0 Å². The molecule has 1 amide bonds. The van der Waals surface area contributed by atoms with Crippen LogP contribution >= 0.6 is 0 Å². The van der Waals surface area contributed by atoms with Crippen LogP contribution < -0.4 is 5.32 Å². The summed E-state index contributed by atoms with van der Waals surface area (Å²) in [5, 5.41) is 3.41. The van der Waals surface area contributed by atoms with Gasteiger partial charge in [0.2, 0.25) is 5.91 Å². The van der Waals surface area contributed by atoms with Gasteiger partial charge in [-0.1, -0.05) is 30.7 Å². The van der Waals surface area contributed by atoms with E-state index in [9.17, 15) is 4.79 Å². The minimum absolute atomic E-state index is 0.283. The molecule has 1 aromatic carbocycles. The summed E-state index contributed by atoms with van der Waals surface area (Å²) >= 11 is 0. The van der Waals surface area contributed by atoms with Gasteiger partial charge in [0.15, 0.2) is 0 Å². The second kappa shape index (κ2) is 7.60. The van der Waals surface area contributed by atoms with E-state index in [1.54, 1.807) is 0 Å². The van der Waals surface area contributed by atoms with E-state index < -0.39 is 0 Å². The average Bonchev–Trinajstić information content (AvgIpc) is 2.49. The van der Waals surface area contributed by atoms with Crippen molar-refractivity contribution in [1.29, 1.82) is 0 Å². The number of carbonyl (C=O) groups is 1. The highest BCUT2D eigenvalue weighted by molar-refractivity contribution is 5.79. The number of aryl methyl sites for hydroxylation is 2. The number of hydrogen-bond acceptors (Lipinski definition) is 2. The molecule has 21 heavy (non-hydrogen) atoms. The van der Waals surface area contributed by atoms with Crippen molar-refractivity contribution in [3.05, 3.63) is 34.9 Å². The molecule has 1 aliphatic heterocycles. The number of likely N-dealkylation sites (tertiary alicyclic amines) is 1. The van der Waals surface area contributed by atoms with Crippen molar-refractivity contribution in [3.63, 3.8) is 0 Å². The third-order valence-electron chi connectivity index (χ3n) is 4.50. The summed E-state index contributed by atoms with van der Waals surface area (Å²) in [7, 11) is 0. The number of amides is 1. The second-order valence-electron chi connectivity index (χ2n) is 6.24. The molecule has 3 heteroatoms. The van der Waals surface area contributed by atoms with Crippen molar-refractivity contribution in [2.75, 3.05) is 26.2 Å². The van der Waals surface area contributed by atoms with Gasteiger partial charge in [-0.15, -0.1) is 0 Å². The molecule has 116 valence electrons. The zero-order valence-electron chi connectivity index (χ0n) is 13.6. The molecule has 2 rings (SSSR count). The van der Waals surface area contributed by atoms with Gasteiger partial charge < -0.3 is 10.2 Å². The largest absolute Gasteiger partial charge is 0.342 e. The molecule has 0 atom stereocenters. The molecule has 3 nitrogen and oxygen atoms in total. The first kappa shape index (κ1) is 16.0. The fourth-order valence-corrected chi connectivity index (χ4v) is 3.00. The lowest BCUT2D eigenvalue weighted by molar-refractivity contribution is -0.131. The Kier molecular flexibility index (Phi) is 5.80. The predicted molar refractivity (Wildman–Crippen MR) is 87.5 cm³/mol. The number of nitrogens with zero attached hydrogens (tertiary/aromatic N) is 1. The maximum absolute atomic E-state index is 12.5. The quantitative estimate of drug-likeness (QED) is 0.903. The summed E-state index contributed by atoms with van der Waals surface area (Å²) in [6.07, 6.45) is 2.81. The van der Waals surface area contributed by atoms with E-state index in [1.165, 1.54) is 16.7 Å².